The minimum absolute atomic E-state index is 0.761. The first kappa shape index (κ1) is 8.18. The van der Waals surface area contributed by atoms with Crippen molar-refractivity contribution >= 4 is 27.7 Å². The zero-order valence-corrected chi connectivity index (χ0v) is 8.51. The molecule has 0 unspecified atom stereocenters. The quantitative estimate of drug-likeness (QED) is 0.680. The molecule has 2 aromatic rings. The van der Waals surface area contributed by atoms with Crippen molar-refractivity contribution in [1.82, 2.24) is 0 Å². The summed E-state index contributed by atoms with van der Waals surface area (Å²) in [5.41, 5.74) is 2.29. The zero-order valence-electron chi connectivity index (χ0n) is 7.69. The second-order valence-corrected chi connectivity index (χ2v) is 4.69. The van der Waals surface area contributed by atoms with E-state index in [9.17, 15) is 4.79 Å². The summed E-state index contributed by atoms with van der Waals surface area (Å²) in [5.74, 6) is 0.761. The van der Waals surface area contributed by atoms with Crippen LogP contribution in [0.15, 0.2) is 23.6 Å². The molecule has 1 aliphatic carbocycles. The van der Waals surface area contributed by atoms with Gasteiger partial charge in [0.2, 0.25) is 0 Å². The lowest BCUT2D eigenvalue weighted by atomic mass is 10.1. The van der Waals surface area contributed by atoms with Gasteiger partial charge in [0, 0.05) is 21.0 Å². The highest BCUT2D eigenvalue weighted by atomic mass is 32.1. The maximum absolute atomic E-state index is 10.8. The topological polar surface area (TPSA) is 17.1 Å². The highest BCUT2D eigenvalue weighted by molar-refractivity contribution is 7.17. The van der Waals surface area contributed by atoms with Gasteiger partial charge in [0.15, 0.2) is 6.29 Å². The van der Waals surface area contributed by atoms with Crippen molar-refractivity contribution in [3.63, 3.8) is 0 Å². The van der Waals surface area contributed by atoms with Crippen molar-refractivity contribution in [2.45, 2.75) is 18.8 Å². The Morgan fingerprint density at radius 1 is 1.36 bits per heavy atom. The van der Waals surface area contributed by atoms with Crippen molar-refractivity contribution in [3.05, 3.63) is 34.7 Å². The highest BCUT2D eigenvalue weighted by Gasteiger charge is 2.25. The molecule has 14 heavy (non-hydrogen) atoms. The summed E-state index contributed by atoms with van der Waals surface area (Å²) in [6.45, 7) is 0. The first-order chi connectivity index (χ1) is 6.90. The molecule has 1 aromatic heterocycles. The van der Waals surface area contributed by atoms with E-state index in [0.29, 0.717) is 0 Å². The van der Waals surface area contributed by atoms with Crippen LogP contribution in [0.4, 0.5) is 0 Å². The molecule has 0 atom stereocenters. The van der Waals surface area contributed by atoms with Crippen LogP contribution < -0.4 is 0 Å². The van der Waals surface area contributed by atoms with E-state index >= 15 is 0 Å². The minimum Gasteiger partial charge on any atom is -0.298 e. The Morgan fingerprint density at radius 2 is 2.21 bits per heavy atom. The molecule has 1 heterocycles. The molecule has 70 valence electrons. The Balaban J connectivity index is 2.31. The predicted molar refractivity (Wildman–Crippen MR) is 59.2 cm³/mol. The molecule has 1 fully saturated rings. The van der Waals surface area contributed by atoms with E-state index in [1.807, 2.05) is 11.4 Å². The maximum atomic E-state index is 10.8. The molecule has 1 saturated carbocycles. The number of rotatable bonds is 2. The van der Waals surface area contributed by atoms with Gasteiger partial charge in [-0.3, -0.25) is 4.79 Å². The molecule has 1 aromatic carbocycles. The summed E-state index contributed by atoms with van der Waals surface area (Å²) >= 11 is 1.70. The standard InChI is InChI=1S/C12H10OS/c13-6-9-7-14-12-10(8-4-5-8)2-1-3-11(9)12/h1-3,6-8H,4-5H2. The predicted octanol–water partition coefficient (Wildman–Crippen LogP) is 3.59. The van der Waals surface area contributed by atoms with Crippen LogP contribution in [0.5, 0.6) is 0 Å². The van der Waals surface area contributed by atoms with E-state index in [2.05, 4.69) is 12.1 Å². The van der Waals surface area contributed by atoms with E-state index in [1.54, 1.807) is 11.3 Å². The van der Waals surface area contributed by atoms with Gasteiger partial charge < -0.3 is 0 Å². The Hall–Kier alpha value is -1.15. The summed E-state index contributed by atoms with van der Waals surface area (Å²) in [6.07, 6.45) is 3.58. The van der Waals surface area contributed by atoms with Crippen LogP contribution >= 0.6 is 11.3 Å². The Kier molecular flexibility index (Phi) is 1.71. The molecule has 0 N–H and O–H groups in total. The fourth-order valence-corrected chi connectivity index (χ4v) is 3.02. The van der Waals surface area contributed by atoms with Crippen molar-refractivity contribution in [3.8, 4) is 0 Å². The molecule has 0 bridgehead atoms. The summed E-state index contributed by atoms with van der Waals surface area (Å²) in [5, 5.41) is 3.10. The van der Waals surface area contributed by atoms with Gasteiger partial charge in [0.1, 0.15) is 0 Å². The first-order valence-corrected chi connectivity index (χ1v) is 5.73. The molecular weight excluding hydrogens is 192 g/mol. The zero-order chi connectivity index (χ0) is 9.54. The van der Waals surface area contributed by atoms with E-state index in [1.165, 1.54) is 23.1 Å². The monoisotopic (exact) mass is 202 g/mol. The second kappa shape index (κ2) is 2.92. The summed E-state index contributed by atoms with van der Waals surface area (Å²) < 4.78 is 1.32. The fraction of sp³-hybridized carbons (Fsp3) is 0.250. The van der Waals surface area contributed by atoms with Gasteiger partial charge in [-0.1, -0.05) is 18.2 Å². The summed E-state index contributed by atoms with van der Waals surface area (Å²) in [6, 6.07) is 6.31. The van der Waals surface area contributed by atoms with Crippen LogP contribution in [0.1, 0.15) is 34.7 Å². The molecule has 0 aliphatic heterocycles. The molecular formula is C12H10OS. The molecule has 0 amide bonds. The van der Waals surface area contributed by atoms with E-state index in [4.69, 9.17) is 0 Å². The Labute approximate surface area is 86.4 Å². The summed E-state index contributed by atoms with van der Waals surface area (Å²) in [4.78, 5) is 10.8. The van der Waals surface area contributed by atoms with E-state index in [-0.39, 0.29) is 0 Å². The van der Waals surface area contributed by atoms with Crippen LogP contribution in [0.3, 0.4) is 0 Å². The van der Waals surface area contributed by atoms with Gasteiger partial charge in [0.25, 0.3) is 0 Å². The van der Waals surface area contributed by atoms with Crippen molar-refractivity contribution in [2.24, 2.45) is 0 Å². The molecule has 1 aliphatic rings. The minimum atomic E-state index is 0.761. The largest absolute Gasteiger partial charge is 0.298 e. The average molecular weight is 202 g/mol. The number of hydrogen-bond donors (Lipinski definition) is 0. The van der Waals surface area contributed by atoms with Gasteiger partial charge >= 0.3 is 0 Å². The third-order valence-corrected chi connectivity index (χ3v) is 3.87. The molecule has 0 radical (unpaired) electrons. The number of thiophene rings is 1. The smallest absolute Gasteiger partial charge is 0.151 e. The Morgan fingerprint density at radius 3 is 2.93 bits per heavy atom. The average Bonchev–Trinajstić information content (AvgIpc) is 2.97. The van der Waals surface area contributed by atoms with Crippen molar-refractivity contribution in [1.29, 1.82) is 0 Å². The second-order valence-electron chi connectivity index (χ2n) is 3.81. The molecule has 0 spiro atoms. The number of hydrogen-bond acceptors (Lipinski definition) is 2. The van der Waals surface area contributed by atoms with Crippen molar-refractivity contribution < 1.29 is 4.79 Å². The van der Waals surface area contributed by atoms with E-state index in [0.717, 1.165) is 23.2 Å². The number of carbonyl (C=O) groups is 1. The summed E-state index contributed by atoms with van der Waals surface area (Å²) in [7, 11) is 0. The fourth-order valence-electron chi connectivity index (χ4n) is 1.91. The number of benzene rings is 1. The third-order valence-electron chi connectivity index (χ3n) is 2.80. The van der Waals surface area contributed by atoms with Crippen LogP contribution in [-0.4, -0.2) is 6.29 Å². The number of carbonyl (C=O) groups excluding carboxylic acids is 1. The SMILES string of the molecule is O=Cc1csc2c(C3CC3)cccc12. The van der Waals surface area contributed by atoms with Gasteiger partial charge in [-0.15, -0.1) is 11.3 Å². The highest BCUT2D eigenvalue weighted by Crippen LogP contribution is 2.44. The maximum Gasteiger partial charge on any atom is 0.151 e. The van der Waals surface area contributed by atoms with Crippen molar-refractivity contribution in [2.75, 3.05) is 0 Å². The van der Waals surface area contributed by atoms with Gasteiger partial charge in [0.05, 0.1) is 0 Å². The van der Waals surface area contributed by atoms with Gasteiger partial charge in [-0.05, 0) is 24.3 Å². The van der Waals surface area contributed by atoms with Crippen LogP contribution in [0, 0.1) is 0 Å². The molecule has 2 heteroatoms. The lowest BCUT2D eigenvalue weighted by Gasteiger charge is -1.99. The number of fused-ring (bicyclic) bond motifs is 1. The first-order valence-electron chi connectivity index (χ1n) is 4.85. The number of aldehydes is 1. The molecule has 3 rings (SSSR count). The van der Waals surface area contributed by atoms with E-state index < -0.39 is 0 Å². The molecule has 1 nitrogen and oxygen atoms in total. The van der Waals surface area contributed by atoms with Crippen LogP contribution in [0.25, 0.3) is 10.1 Å². The lowest BCUT2D eigenvalue weighted by Crippen LogP contribution is -1.80. The Bertz CT molecular complexity index is 494. The molecule has 0 saturated heterocycles. The van der Waals surface area contributed by atoms with Gasteiger partial charge in [-0.2, -0.15) is 0 Å². The van der Waals surface area contributed by atoms with Crippen LogP contribution in [0.2, 0.25) is 0 Å². The third kappa shape index (κ3) is 1.11. The lowest BCUT2D eigenvalue weighted by molar-refractivity contribution is 0.112. The normalized spacial score (nSPS) is 16.0. The van der Waals surface area contributed by atoms with Crippen LogP contribution in [-0.2, 0) is 0 Å². The van der Waals surface area contributed by atoms with Gasteiger partial charge in [-0.25, -0.2) is 0 Å².